The van der Waals surface area contributed by atoms with Crippen molar-refractivity contribution in [2.24, 2.45) is 5.73 Å². The molecular formula is C44H72N6O11. The molecule has 1 saturated carbocycles. The molecule has 17 nitrogen and oxygen atoms in total. The topological polar surface area (TPSA) is 195 Å². The van der Waals surface area contributed by atoms with Crippen LogP contribution in [0.5, 0.6) is 5.75 Å². The number of unbranched alkanes of at least 4 members (excludes halogenated alkanes) is 1. The first kappa shape index (κ1) is 51.2. The van der Waals surface area contributed by atoms with E-state index in [1.165, 1.54) is 17.7 Å². The number of hydrogen-bond acceptors (Lipinski definition) is 14. The van der Waals surface area contributed by atoms with Crippen molar-refractivity contribution in [1.82, 2.24) is 20.9 Å². The molecule has 1 heterocycles. The number of nitrogens with two attached hydrogens (primary N) is 1. The van der Waals surface area contributed by atoms with Crippen molar-refractivity contribution in [3.63, 3.8) is 0 Å². The smallest absolute Gasteiger partial charge is 0.319 e. The number of nitrogens with one attached hydrogen (secondary N) is 4. The van der Waals surface area contributed by atoms with Gasteiger partial charge >= 0.3 is 6.03 Å². The highest BCUT2D eigenvalue weighted by Crippen LogP contribution is 2.29. The van der Waals surface area contributed by atoms with E-state index in [-0.39, 0.29) is 11.9 Å². The van der Waals surface area contributed by atoms with Crippen LogP contribution in [0.3, 0.4) is 0 Å². The summed E-state index contributed by atoms with van der Waals surface area (Å²) in [4.78, 5) is 25.6. The average Bonchev–Trinajstić information content (AvgIpc) is 3.56. The van der Waals surface area contributed by atoms with Crippen LogP contribution < -0.4 is 31.7 Å². The second-order valence-corrected chi connectivity index (χ2v) is 14.1. The molecule has 0 atom stereocenters. The molecule has 3 amide bonds. The number of benzene rings is 1. The Hall–Kier alpha value is -4.20. The molecule has 2 aliphatic rings. The summed E-state index contributed by atoms with van der Waals surface area (Å²) in [6, 6.07) is 6.92. The minimum Gasteiger partial charge on any atom is -0.497 e. The van der Waals surface area contributed by atoms with E-state index in [1.807, 2.05) is 0 Å². The van der Waals surface area contributed by atoms with Gasteiger partial charge in [0.2, 0.25) is 0 Å². The first-order valence-electron chi connectivity index (χ1n) is 21.6. The van der Waals surface area contributed by atoms with Crippen molar-refractivity contribution in [3.05, 3.63) is 71.9 Å². The lowest BCUT2D eigenvalue weighted by atomic mass is 9.89. The van der Waals surface area contributed by atoms with E-state index in [0.29, 0.717) is 138 Å². The second-order valence-electron chi connectivity index (χ2n) is 14.1. The lowest BCUT2D eigenvalue weighted by Gasteiger charge is -2.25. The molecule has 0 radical (unpaired) electrons. The predicted octanol–water partition coefficient (Wildman–Crippen LogP) is 3.84. The molecule has 61 heavy (non-hydrogen) atoms. The van der Waals surface area contributed by atoms with Gasteiger partial charge in [0, 0.05) is 67.7 Å². The normalized spacial score (nSPS) is 13.8. The van der Waals surface area contributed by atoms with Gasteiger partial charge < -0.3 is 74.5 Å². The quantitative estimate of drug-likeness (QED) is 0.0600. The van der Waals surface area contributed by atoms with Crippen LogP contribution in [0.2, 0.25) is 0 Å². The number of rotatable bonds is 39. The van der Waals surface area contributed by atoms with Crippen molar-refractivity contribution < 1.29 is 52.2 Å². The maximum Gasteiger partial charge on any atom is 0.319 e. The summed E-state index contributed by atoms with van der Waals surface area (Å²) >= 11 is 0. The molecule has 1 fully saturated rings. The van der Waals surface area contributed by atoms with E-state index in [9.17, 15) is 9.59 Å². The lowest BCUT2D eigenvalue weighted by molar-refractivity contribution is -0.123. The number of allylic oxidation sites excluding steroid dienone is 3. The zero-order chi connectivity index (χ0) is 43.4. The summed E-state index contributed by atoms with van der Waals surface area (Å²) in [7, 11) is 1.60. The van der Waals surface area contributed by atoms with Gasteiger partial charge in [0.05, 0.1) is 113 Å². The predicted molar refractivity (Wildman–Crippen MR) is 234 cm³/mol. The molecule has 0 saturated heterocycles. The lowest BCUT2D eigenvalue weighted by Crippen LogP contribution is -2.33. The number of nitrogens with zero attached hydrogens (tertiary/aromatic N) is 1. The fourth-order valence-electron chi connectivity index (χ4n) is 5.83. The number of urea groups is 1. The Balaban J connectivity index is 0.954. The van der Waals surface area contributed by atoms with Crippen molar-refractivity contribution in [3.8, 4) is 5.75 Å². The Morgan fingerprint density at radius 2 is 1.23 bits per heavy atom. The third kappa shape index (κ3) is 25.4. The van der Waals surface area contributed by atoms with Gasteiger partial charge in [0.25, 0.3) is 5.91 Å². The molecule has 17 heteroatoms. The molecule has 3 rings (SSSR count). The molecule has 344 valence electrons. The first-order valence-corrected chi connectivity index (χ1v) is 21.6. The summed E-state index contributed by atoms with van der Waals surface area (Å²) in [5.41, 5.74) is 11.0. The number of hydrogen-bond donors (Lipinski definition) is 5. The molecule has 0 aromatic heterocycles. The van der Waals surface area contributed by atoms with Crippen molar-refractivity contribution in [2.45, 2.75) is 44.9 Å². The second kappa shape index (κ2) is 34.4. The summed E-state index contributed by atoms with van der Waals surface area (Å²) in [5.74, 6) is 0.732. The van der Waals surface area contributed by atoms with Crippen LogP contribution in [0.4, 0.5) is 10.5 Å². The number of ether oxygens (including phenoxy) is 9. The highest BCUT2D eigenvalue weighted by atomic mass is 16.6. The van der Waals surface area contributed by atoms with Gasteiger partial charge in [-0.05, 0) is 68.9 Å². The summed E-state index contributed by atoms with van der Waals surface area (Å²) in [6.07, 6.45) is 11.9. The van der Waals surface area contributed by atoms with Crippen LogP contribution in [0.1, 0.15) is 44.9 Å². The molecule has 1 aromatic rings. The Bertz CT molecular complexity index is 1420. The van der Waals surface area contributed by atoms with Crippen LogP contribution in [0.25, 0.3) is 0 Å². The maximum absolute atomic E-state index is 12.0. The maximum atomic E-state index is 12.0. The van der Waals surface area contributed by atoms with Gasteiger partial charge in [0.1, 0.15) is 5.75 Å². The van der Waals surface area contributed by atoms with Gasteiger partial charge in [0.15, 0.2) is 0 Å². The molecule has 6 N–H and O–H groups in total. The highest BCUT2D eigenvalue weighted by molar-refractivity contribution is 5.93. The van der Waals surface area contributed by atoms with E-state index in [1.54, 1.807) is 54.6 Å². The third-order valence-corrected chi connectivity index (χ3v) is 9.39. The van der Waals surface area contributed by atoms with Crippen LogP contribution in [-0.2, 0) is 42.7 Å². The van der Waals surface area contributed by atoms with Crippen molar-refractivity contribution >= 4 is 17.6 Å². The molecule has 1 aromatic carbocycles. The Morgan fingerprint density at radius 1 is 0.689 bits per heavy atom. The highest BCUT2D eigenvalue weighted by Gasteiger charge is 2.19. The summed E-state index contributed by atoms with van der Waals surface area (Å²) in [5, 5.41) is 12.3. The first-order chi connectivity index (χ1) is 30.0. The molecule has 0 unspecified atom stereocenters. The van der Waals surface area contributed by atoms with Gasteiger partial charge in [-0.25, -0.2) is 4.79 Å². The Morgan fingerprint density at radius 3 is 1.72 bits per heavy atom. The van der Waals surface area contributed by atoms with Crippen LogP contribution in [0.15, 0.2) is 71.9 Å². The van der Waals surface area contributed by atoms with Gasteiger partial charge in [-0.1, -0.05) is 12.2 Å². The third-order valence-electron chi connectivity index (χ3n) is 9.39. The van der Waals surface area contributed by atoms with E-state index in [0.717, 1.165) is 55.7 Å². The fraction of sp³-hybridized carbons (Fsp3) is 0.636. The zero-order valence-electron chi connectivity index (χ0n) is 36.4. The van der Waals surface area contributed by atoms with E-state index in [4.69, 9.17) is 48.4 Å². The zero-order valence-corrected chi connectivity index (χ0v) is 36.4. The molecule has 0 bridgehead atoms. The van der Waals surface area contributed by atoms with Gasteiger partial charge in [-0.2, -0.15) is 0 Å². The van der Waals surface area contributed by atoms with Crippen LogP contribution in [0, 0.1) is 0 Å². The standard InChI is InChI=1S/C44H72N6O11/c1-37-9-14-43(51)50(37)19-17-47-42(38-6-5-7-38)15-20-54-22-24-56-26-28-58-30-32-60-34-35-61-33-31-59-29-27-57-25-23-55-21-18-46-36-39(45)8-3-4-16-48-44(52)49-40-10-12-41(53-2)13-11-40/h9-14,36,46-47H,1,3-8,15-35,45H2,2H3,(H2,48,49,52)/b39-36-. The SMILES string of the molecule is C=C1C=CC(=O)N1CCNC(CCOCCOCCOCCOCCOCCOCCOCCOCCN/C=C(\N)CCCCNC(=O)Nc1ccc(OC)cc1)=C1CCC1. The molecule has 0 spiro atoms. The average molecular weight is 861 g/mol. The number of carbonyl (C=O) groups excluding carboxylic acids is 2. The Kier molecular flexibility index (Phi) is 28.8. The van der Waals surface area contributed by atoms with E-state index in [2.05, 4.69) is 27.8 Å². The van der Waals surface area contributed by atoms with E-state index >= 15 is 0 Å². The van der Waals surface area contributed by atoms with Crippen LogP contribution >= 0.6 is 0 Å². The Labute approximate surface area is 362 Å². The van der Waals surface area contributed by atoms with Gasteiger partial charge in [-0.15, -0.1) is 0 Å². The fourth-order valence-corrected chi connectivity index (χ4v) is 5.83. The number of carbonyl (C=O) groups is 2. The monoisotopic (exact) mass is 861 g/mol. The minimum absolute atomic E-state index is 0.00503. The van der Waals surface area contributed by atoms with Crippen LogP contribution in [-0.4, -0.2) is 156 Å². The van der Waals surface area contributed by atoms with E-state index < -0.39 is 0 Å². The molecule has 1 aliphatic carbocycles. The largest absolute Gasteiger partial charge is 0.497 e. The molecular weight excluding hydrogens is 789 g/mol. The van der Waals surface area contributed by atoms with Gasteiger partial charge in [-0.3, -0.25) is 4.79 Å². The number of methoxy groups -OCH3 is 1. The number of amides is 3. The van der Waals surface area contributed by atoms with Crippen molar-refractivity contribution in [1.29, 1.82) is 0 Å². The molecule has 1 aliphatic heterocycles. The summed E-state index contributed by atoms with van der Waals surface area (Å²) in [6.45, 7) is 14.6. The summed E-state index contributed by atoms with van der Waals surface area (Å²) < 4.78 is 49.8. The van der Waals surface area contributed by atoms with Crippen molar-refractivity contribution in [2.75, 3.05) is 144 Å². The number of anilines is 1. The minimum atomic E-state index is -0.241.